The molecule has 6 heavy (non-hydrogen) atoms. The average Bonchev–Trinajstić information content (AvgIpc) is 1.86. The van der Waals surface area contributed by atoms with Gasteiger partial charge in [-0.15, -0.1) is 15.3 Å². The first kappa shape index (κ1) is 4.34. The van der Waals surface area contributed by atoms with E-state index in [-0.39, 0.29) is 0 Å². The summed E-state index contributed by atoms with van der Waals surface area (Å²) in [5, 5.41) is 0. The molecule has 0 nitrogen and oxygen atoms in total. The Morgan fingerprint density at radius 1 is 1.17 bits per heavy atom. The van der Waals surface area contributed by atoms with E-state index in [1.54, 1.807) is 0 Å². The van der Waals surface area contributed by atoms with E-state index in [0.717, 1.165) is 0 Å². The smallest absolute Gasteiger partial charge is 0.120 e. The fraction of sp³-hybridized carbons (Fsp3) is 0. The highest BCUT2D eigenvalue weighted by molar-refractivity contribution is 9.25. The summed E-state index contributed by atoms with van der Waals surface area (Å²) in [6.07, 6.45) is 4.18. The molecular weight excluding hydrogens is 156 g/mol. The van der Waals surface area contributed by atoms with E-state index in [1.807, 2.05) is 0 Å². The van der Waals surface area contributed by atoms with Gasteiger partial charge in [-0.25, -0.2) is 0 Å². The van der Waals surface area contributed by atoms with Gasteiger partial charge < -0.3 is 0 Å². The second-order valence-electron chi connectivity index (χ2n) is 1.21. The zero-order valence-electron chi connectivity index (χ0n) is 3.26. The van der Waals surface area contributed by atoms with Gasteiger partial charge in [0.05, 0.1) is 0 Å². The van der Waals surface area contributed by atoms with Crippen molar-refractivity contribution in [2.45, 2.75) is 0 Å². The first-order valence-electron chi connectivity index (χ1n) is 1.88. The highest BCUT2D eigenvalue weighted by atomic mass is 79.9. The Bertz CT molecular complexity index is 83.7. The van der Waals surface area contributed by atoms with Crippen LogP contribution in [0.15, 0.2) is 23.6 Å². The molecule has 0 aromatic heterocycles. The molecule has 0 aromatic carbocycles. The van der Waals surface area contributed by atoms with Crippen molar-refractivity contribution in [1.29, 1.82) is 0 Å². The topological polar surface area (TPSA) is 0 Å². The molecule has 0 N–H and O–H groups in total. The molecule has 0 spiro atoms. The highest BCUT2D eigenvalue weighted by Gasteiger charge is 1.95. The third-order valence-corrected chi connectivity index (χ3v) is 3.71. The molecular formula is C4H5BrSi. The third kappa shape index (κ3) is 0.818. The second kappa shape index (κ2) is 1.75. The molecule has 0 aliphatic carbocycles. The van der Waals surface area contributed by atoms with Gasteiger partial charge in [-0.1, -0.05) is 23.6 Å². The molecule has 0 radical (unpaired) electrons. The molecule has 1 heterocycles. The maximum atomic E-state index is 3.50. The predicted molar refractivity (Wildman–Crippen MR) is 34.4 cm³/mol. The molecule has 0 aromatic rings. The van der Waals surface area contributed by atoms with Gasteiger partial charge in [0.2, 0.25) is 0 Å². The van der Waals surface area contributed by atoms with E-state index < -0.39 is 7.42 Å². The minimum Gasteiger partial charge on any atom is -0.120 e. The van der Waals surface area contributed by atoms with Crippen LogP contribution in [-0.4, -0.2) is 7.42 Å². The van der Waals surface area contributed by atoms with Gasteiger partial charge >= 0.3 is 0 Å². The van der Waals surface area contributed by atoms with E-state index in [0.29, 0.717) is 0 Å². The Morgan fingerprint density at radius 2 is 1.67 bits per heavy atom. The van der Waals surface area contributed by atoms with E-state index in [2.05, 4.69) is 38.8 Å². The van der Waals surface area contributed by atoms with Crippen LogP contribution in [0, 0.1) is 0 Å². The largest absolute Gasteiger partial charge is 0.161 e. The van der Waals surface area contributed by atoms with Crippen molar-refractivity contribution in [3.63, 3.8) is 0 Å². The first-order valence-corrected chi connectivity index (χ1v) is 6.40. The lowest BCUT2D eigenvalue weighted by molar-refractivity contribution is 2.15. The van der Waals surface area contributed by atoms with Gasteiger partial charge in [0.15, 0.2) is 7.42 Å². The van der Waals surface area contributed by atoms with Crippen LogP contribution >= 0.6 is 15.3 Å². The zero-order chi connectivity index (χ0) is 4.41. The van der Waals surface area contributed by atoms with Crippen LogP contribution in [0.3, 0.4) is 0 Å². The van der Waals surface area contributed by atoms with Crippen LogP contribution in [0.1, 0.15) is 0 Å². The molecule has 1 rings (SSSR count). The quantitative estimate of drug-likeness (QED) is 0.371. The lowest BCUT2D eigenvalue weighted by Gasteiger charge is -1.77. The number of allylic oxidation sites excluding steroid dienone is 2. The molecule has 1 aliphatic rings. The Balaban J connectivity index is 2.60. The van der Waals surface area contributed by atoms with Gasteiger partial charge in [-0.05, 0) is 0 Å². The van der Waals surface area contributed by atoms with Crippen LogP contribution in [0.2, 0.25) is 0 Å². The predicted octanol–water partition coefficient (Wildman–Crippen LogP) is 1.31. The van der Waals surface area contributed by atoms with Crippen LogP contribution in [0.4, 0.5) is 0 Å². The fourth-order valence-corrected chi connectivity index (χ4v) is 2.27. The molecule has 0 atom stereocenters. The molecule has 0 unspecified atom stereocenters. The number of halogens is 1. The zero-order valence-corrected chi connectivity index (χ0v) is 6.01. The van der Waals surface area contributed by atoms with E-state index in [9.17, 15) is 0 Å². The fourth-order valence-electron chi connectivity index (χ4n) is 0.405. The summed E-state index contributed by atoms with van der Waals surface area (Å²) in [5.74, 6) is 0. The second-order valence-corrected chi connectivity index (χ2v) is 6.04. The monoisotopic (exact) mass is 160 g/mol. The minimum absolute atomic E-state index is 0.598. The molecule has 1 aliphatic heterocycles. The van der Waals surface area contributed by atoms with Gasteiger partial charge in [0.25, 0.3) is 0 Å². The maximum Gasteiger partial charge on any atom is 0.161 e. The van der Waals surface area contributed by atoms with Gasteiger partial charge in [-0.2, -0.15) is 0 Å². The summed E-state index contributed by atoms with van der Waals surface area (Å²) in [5.41, 5.74) is 4.44. The summed E-state index contributed by atoms with van der Waals surface area (Å²) in [6.45, 7) is 0. The van der Waals surface area contributed by atoms with Crippen molar-refractivity contribution < 1.29 is 0 Å². The van der Waals surface area contributed by atoms with E-state index in [4.69, 9.17) is 0 Å². The number of rotatable bonds is 0. The van der Waals surface area contributed by atoms with Crippen molar-refractivity contribution >= 4 is 22.7 Å². The summed E-state index contributed by atoms with van der Waals surface area (Å²) in [4.78, 5) is 0. The van der Waals surface area contributed by atoms with Crippen LogP contribution in [0.5, 0.6) is 0 Å². The lowest BCUT2D eigenvalue weighted by atomic mass is 10.6. The van der Waals surface area contributed by atoms with Crippen molar-refractivity contribution in [3.05, 3.63) is 23.6 Å². The Labute approximate surface area is 46.7 Å². The van der Waals surface area contributed by atoms with Gasteiger partial charge in [0.1, 0.15) is 0 Å². The van der Waals surface area contributed by atoms with Gasteiger partial charge in [-0.3, -0.25) is 0 Å². The summed E-state index contributed by atoms with van der Waals surface area (Å²) in [7, 11) is -0.598. The Hall–Kier alpha value is 0.177. The molecule has 2 heteroatoms. The standard InChI is InChI=1S/C4H5BrSi/c5-6-3-1-2-4-6/h1-4,6H. The first-order chi connectivity index (χ1) is 2.89. The summed E-state index contributed by atoms with van der Waals surface area (Å²) >= 11 is 3.50. The van der Waals surface area contributed by atoms with E-state index in [1.165, 1.54) is 0 Å². The van der Waals surface area contributed by atoms with Crippen molar-refractivity contribution in [2.24, 2.45) is 0 Å². The molecule has 0 amide bonds. The summed E-state index contributed by atoms with van der Waals surface area (Å²) in [6, 6.07) is 0. The normalized spacial score (nSPS) is 20.2. The maximum absolute atomic E-state index is 3.50. The molecule has 0 bridgehead atoms. The third-order valence-electron chi connectivity index (χ3n) is 0.701. The molecule has 0 saturated heterocycles. The minimum atomic E-state index is -0.598. The Kier molecular flexibility index (Phi) is 1.27. The van der Waals surface area contributed by atoms with Crippen molar-refractivity contribution in [1.82, 2.24) is 0 Å². The number of hydrogen-bond acceptors (Lipinski definition) is 0. The Morgan fingerprint density at radius 3 is 1.83 bits per heavy atom. The van der Waals surface area contributed by atoms with Crippen molar-refractivity contribution in [3.8, 4) is 0 Å². The highest BCUT2D eigenvalue weighted by Crippen LogP contribution is 2.02. The van der Waals surface area contributed by atoms with Gasteiger partial charge in [0, 0.05) is 0 Å². The molecule has 0 saturated carbocycles. The average molecular weight is 161 g/mol. The molecule has 0 fully saturated rings. The van der Waals surface area contributed by atoms with Crippen LogP contribution < -0.4 is 0 Å². The summed E-state index contributed by atoms with van der Waals surface area (Å²) < 4.78 is 0. The van der Waals surface area contributed by atoms with Crippen LogP contribution in [0.25, 0.3) is 0 Å². The molecule has 32 valence electrons. The van der Waals surface area contributed by atoms with E-state index >= 15 is 0 Å². The van der Waals surface area contributed by atoms with Crippen LogP contribution in [-0.2, 0) is 0 Å². The van der Waals surface area contributed by atoms with Crippen molar-refractivity contribution in [2.75, 3.05) is 0 Å². The lowest BCUT2D eigenvalue weighted by Crippen LogP contribution is -1.84. The number of hydrogen-bond donors (Lipinski definition) is 0. The SMILES string of the molecule is Br[SiH]1C=CC=C1.